The van der Waals surface area contributed by atoms with Crippen LogP contribution in [0.1, 0.15) is 35.9 Å². The quantitative estimate of drug-likeness (QED) is 0.576. The van der Waals surface area contributed by atoms with Gasteiger partial charge in [-0.1, -0.05) is 41.4 Å². The van der Waals surface area contributed by atoms with Gasteiger partial charge in [0.05, 0.1) is 24.3 Å². The van der Waals surface area contributed by atoms with Crippen molar-refractivity contribution in [2.45, 2.75) is 24.8 Å². The number of ketones is 1. The van der Waals surface area contributed by atoms with Crippen molar-refractivity contribution in [3.05, 3.63) is 75.2 Å². The fourth-order valence-corrected chi connectivity index (χ4v) is 4.92. The molecular formula is C23H20Cl2N4O3. The lowest BCUT2D eigenvalue weighted by Gasteiger charge is -2.35. The van der Waals surface area contributed by atoms with E-state index in [0.29, 0.717) is 45.9 Å². The van der Waals surface area contributed by atoms with Gasteiger partial charge in [-0.2, -0.15) is 10.1 Å². The highest BCUT2D eigenvalue weighted by Gasteiger charge is 2.40. The summed E-state index contributed by atoms with van der Waals surface area (Å²) < 4.78 is 12.5. The second-order valence-electron chi connectivity index (χ2n) is 7.73. The highest BCUT2D eigenvalue weighted by Crippen LogP contribution is 2.46. The maximum absolute atomic E-state index is 13.5. The molecule has 0 saturated heterocycles. The Morgan fingerprint density at radius 1 is 1.09 bits per heavy atom. The van der Waals surface area contributed by atoms with Crippen LogP contribution in [0.5, 0.6) is 11.5 Å². The Hall–Kier alpha value is -3.03. The van der Waals surface area contributed by atoms with Crippen LogP contribution in [0.2, 0.25) is 10.0 Å². The molecule has 0 fully saturated rings. The Morgan fingerprint density at radius 2 is 1.91 bits per heavy atom. The van der Waals surface area contributed by atoms with Crippen LogP contribution in [0.15, 0.2) is 54.0 Å². The summed E-state index contributed by atoms with van der Waals surface area (Å²) in [5.41, 5.74) is 3.19. The van der Waals surface area contributed by atoms with E-state index < -0.39 is 6.04 Å². The normalized spacial score (nSPS) is 19.8. The van der Waals surface area contributed by atoms with Crippen molar-refractivity contribution in [2.75, 3.05) is 19.5 Å². The Bertz CT molecular complexity index is 1250. The first kappa shape index (κ1) is 20.8. The molecule has 2 heterocycles. The fraction of sp³-hybridized carbons (Fsp3) is 0.261. The fourth-order valence-electron chi connectivity index (χ4n) is 4.51. The van der Waals surface area contributed by atoms with Crippen molar-refractivity contribution in [3.8, 4) is 11.5 Å². The van der Waals surface area contributed by atoms with Crippen LogP contribution in [0.4, 0.5) is 5.95 Å². The van der Waals surface area contributed by atoms with Gasteiger partial charge in [-0.05, 0) is 36.1 Å². The molecular weight excluding hydrogens is 451 g/mol. The van der Waals surface area contributed by atoms with E-state index in [1.165, 1.54) is 6.33 Å². The largest absolute Gasteiger partial charge is 0.493 e. The number of fused-ring (bicyclic) bond motifs is 1. The molecule has 1 aliphatic heterocycles. The molecule has 0 unspecified atom stereocenters. The molecule has 5 rings (SSSR count). The first-order valence-corrected chi connectivity index (χ1v) is 10.9. The predicted octanol–water partition coefficient (Wildman–Crippen LogP) is 5.02. The zero-order valence-corrected chi connectivity index (χ0v) is 18.9. The van der Waals surface area contributed by atoms with Gasteiger partial charge in [-0.15, -0.1) is 0 Å². The maximum atomic E-state index is 13.5. The molecule has 0 amide bonds. The molecule has 32 heavy (non-hydrogen) atoms. The van der Waals surface area contributed by atoms with Crippen LogP contribution in [-0.2, 0) is 4.79 Å². The topological polar surface area (TPSA) is 78.3 Å². The van der Waals surface area contributed by atoms with E-state index in [1.807, 2.05) is 30.3 Å². The maximum Gasteiger partial charge on any atom is 0.226 e. The number of allylic oxidation sites excluding steroid dienone is 2. The summed E-state index contributed by atoms with van der Waals surface area (Å²) in [6.45, 7) is 0. The number of rotatable bonds is 4. The van der Waals surface area contributed by atoms with E-state index in [2.05, 4.69) is 15.4 Å². The molecule has 0 saturated carbocycles. The monoisotopic (exact) mass is 470 g/mol. The van der Waals surface area contributed by atoms with Crippen molar-refractivity contribution in [3.63, 3.8) is 0 Å². The van der Waals surface area contributed by atoms with Gasteiger partial charge >= 0.3 is 0 Å². The lowest BCUT2D eigenvalue weighted by atomic mass is 9.78. The summed E-state index contributed by atoms with van der Waals surface area (Å²) >= 11 is 12.8. The molecule has 164 valence electrons. The van der Waals surface area contributed by atoms with Crippen LogP contribution < -0.4 is 14.8 Å². The first-order valence-electron chi connectivity index (χ1n) is 10.1. The van der Waals surface area contributed by atoms with Gasteiger partial charge in [0.1, 0.15) is 12.4 Å². The van der Waals surface area contributed by atoms with Gasteiger partial charge in [0.15, 0.2) is 17.3 Å². The third-order valence-corrected chi connectivity index (χ3v) is 6.85. The van der Waals surface area contributed by atoms with E-state index in [9.17, 15) is 4.79 Å². The summed E-state index contributed by atoms with van der Waals surface area (Å²) in [5, 5.41) is 8.50. The zero-order valence-electron chi connectivity index (χ0n) is 17.4. The van der Waals surface area contributed by atoms with Crippen LogP contribution in [0, 0.1) is 0 Å². The van der Waals surface area contributed by atoms with Crippen molar-refractivity contribution < 1.29 is 14.3 Å². The number of hydrogen-bond donors (Lipinski definition) is 1. The van der Waals surface area contributed by atoms with Gasteiger partial charge in [-0.3, -0.25) is 4.79 Å². The SMILES string of the molecule is COc1ccc([C@H]2CC(=O)C3=C(C2)Nc2ncnn2[C@@H]3c2cccc(Cl)c2Cl)cc1OC. The van der Waals surface area contributed by atoms with E-state index in [4.69, 9.17) is 32.7 Å². The van der Waals surface area contributed by atoms with Gasteiger partial charge in [0.2, 0.25) is 5.95 Å². The summed E-state index contributed by atoms with van der Waals surface area (Å²) in [6, 6.07) is 10.7. The standard InChI is InChI=1S/C23H20Cl2N4O3/c1-31-18-7-6-12(10-19(18)32-2)13-8-16-20(17(30)9-13)22(29-23(28-16)26-11-27-29)14-4-3-5-15(24)21(14)25/h3-7,10-11,13,22H,8-9H2,1-2H3,(H,26,27,28)/t13-,22-/m1/s1. The second-order valence-corrected chi connectivity index (χ2v) is 8.52. The molecule has 0 radical (unpaired) electrons. The number of Topliss-reactive ketones (excluding diaryl/α,β-unsaturated/α-hetero) is 1. The molecule has 2 aromatic carbocycles. The summed E-state index contributed by atoms with van der Waals surface area (Å²) in [7, 11) is 3.20. The zero-order chi connectivity index (χ0) is 22.4. The Labute approximate surface area is 195 Å². The van der Waals surface area contributed by atoms with Crippen LogP contribution in [0.3, 0.4) is 0 Å². The van der Waals surface area contributed by atoms with Gasteiger partial charge in [0, 0.05) is 23.3 Å². The van der Waals surface area contributed by atoms with Crippen molar-refractivity contribution in [2.24, 2.45) is 0 Å². The molecule has 1 N–H and O–H groups in total. The van der Waals surface area contributed by atoms with E-state index in [1.54, 1.807) is 25.0 Å². The third-order valence-electron chi connectivity index (χ3n) is 6.02. The molecule has 3 aromatic rings. The predicted molar refractivity (Wildman–Crippen MR) is 122 cm³/mol. The molecule has 0 spiro atoms. The number of ether oxygens (including phenoxy) is 2. The number of nitrogens with one attached hydrogen (secondary N) is 1. The minimum Gasteiger partial charge on any atom is -0.493 e. The number of methoxy groups -OCH3 is 2. The van der Waals surface area contributed by atoms with Crippen molar-refractivity contribution in [1.82, 2.24) is 14.8 Å². The van der Waals surface area contributed by atoms with Crippen molar-refractivity contribution >= 4 is 34.9 Å². The molecule has 0 bridgehead atoms. The average Bonchev–Trinajstić information content (AvgIpc) is 3.27. The Balaban J connectivity index is 1.58. The molecule has 2 aliphatic rings. The molecule has 2 atom stereocenters. The average molecular weight is 471 g/mol. The van der Waals surface area contributed by atoms with E-state index in [-0.39, 0.29) is 11.7 Å². The van der Waals surface area contributed by atoms with Gasteiger partial charge in [-0.25, -0.2) is 4.68 Å². The Morgan fingerprint density at radius 3 is 2.69 bits per heavy atom. The number of aromatic nitrogens is 3. The van der Waals surface area contributed by atoms with Crippen molar-refractivity contribution in [1.29, 1.82) is 0 Å². The number of anilines is 1. The number of carbonyl (C=O) groups is 1. The number of benzene rings is 2. The smallest absolute Gasteiger partial charge is 0.226 e. The summed E-state index contributed by atoms with van der Waals surface area (Å²) in [6.07, 6.45) is 2.45. The third kappa shape index (κ3) is 3.32. The highest BCUT2D eigenvalue weighted by atomic mass is 35.5. The molecule has 7 nitrogen and oxygen atoms in total. The lowest BCUT2D eigenvalue weighted by Crippen LogP contribution is -2.33. The molecule has 1 aromatic heterocycles. The summed E-state index contributed by atoms with van der Waals surface area (Å²) in [5.74, 6) is 1.86. The Kier molecular flexibility index (Phi) is 5.31. The second kappa shape index (κ2) is 8.15. The van der Waals surface area contributed by atoms with E-state index >= 15 is 0 Å². The van der Waals surface area contributed by atoms with Crippen LogP contribution >= 0.6 is 23.2 Å². The lowest BCUT2D eigenvalue weighted by molar-refractivity contribution is -0.116. The summed E-state index contributed by atoms with van der Waals surface area (Å²) in [4.78, 5) is 17.8. The van der Waals surface area contributed by atoms with Crippen LogP contribution in [0.25, 0.3) is 0 Å². The van der Waals surface area contributed by atoms with Gasteiger partial charge in [0.25, 0.3) is 0 Å². The molecule has 9 heteroatoms. The minimum absolute atomic E-state index is 0.0153. The number of carbonyl (C=O) groups excluding carboxylic acids is 1. The number of hydrogen-bond acceptors (Lipinski definition) is 6. The van der Waals surface area contributed by atoms with E-state index in [0.717, 1.165) is 16.8 Å². The number of nitrogens with zero attached hydrogens (tertiary/aromatic N) is 3. The van der Waals surface area contributed by atoms with Gasteiger partial charge < -0.3 is 14.8 Å². The number of halogens is 2. The van der Waals surface area contributed by atoms with Crippen LogP contribution in [-0.4, -0.2) is 34.8 Å². The first-order chi connectivity index (χ1) is 15.5. The molecule has 1 aliphatic carbocycles. The minimum atomic E-state index is -0.492. The highest BCUT2D eigenvalue weighted by molar-refractivity contribution is 6.42.